The normalized spacial score (nSPS) is 19.1. The van der Waals surface area contributed by atoms with Gasteiger partial charge in [-0.05, 0) is 30.4 Å². The van der Waals surface area contributed by atoms with Crippen LogP contribution in [0.4, 0.5) is 5.82 Å². The van der Waals surface area contributed by atoms with Gasteiger partial charge in [-0.2, -0.15) is 0 Å². The average Bonchev–Trinajstić information content (AvgIpc) is 2.28. The second kappa shape index (κ2) is 4.35. The van der Waals surface area contributed by atoms with E-state index >= 15 is 0 Å². The zero-order chi connectivity index (χ0) is 12.5. The van der Waals surface area contributed by atoms with Crippen LogP contribution in [0, 0.1) is 5.41 Å². The lowest BCUT2D eigenvalue weighted by atomic mass is 9.84. The molecule has 0 aliphatic carbocycles. The van der Waals surface area contributed by atoms with Gasteiger partial charge in [0, 0.05) is 19.3 Å². The first-order valence-corrected chi connectivity index (χ1v) is 5.92. The van der Waals surface area contributed by atoms with Crippen LogP contribution in [0.1, 0.15) is 37.0 Å². The molecule has 1 aromatic rings. The van der Waals surface area contributed by atoms with E-state index in [1.165, 1.54) is 12.5 Å². The van der Waals surface area contributed by atoms with Crippen LogP contribution in [0.2, 0.25) is 0 Å². The summed E-state index contributed by atoms with van der Waals surface area (Å²) in [6.45, 7) is 6.36. The van der Waals surface area contributed by atoms with Crippen LogP contribution in [0.25, 0.3) is 0 Å². The van der Waals surface area contributed by atoms with Crippen molar-refractivity contribution in [1.82, 2.24) is 4.98 Å². The summed E-state index contributed by atoms with van der Waals surface area (Å²) in [5.74, 6) is -0.123. The van der Waals surface area contributed by atoms with Crippen molar-refractivity contribution < 1.29 is 9.90 Å². The molecule has 2 rings (SSSR count). The first-order valence-electron chi connectivity index (χ1n) is 5.92. The van der Waals surface area contributed by atoms with Gasteiger partial charge in [0.25, 0.3) is 0 Å². The van der Waals surface area contributed by atoms with Gasteiger partial charge >= 0.3 is 5.97 Å². The van der Waals surface area contributed by atoms with Crippen LogP contribution in [0.5, 0.6) is 0 Å². The van der Waals surface area contributed by atoms with Crippen molar-refractivity contribution in [3.63, 3.8) is 0 Å². The number of hydrogen-bond acceptors (Lipinski definition) is 3. The third-order valence-electron chi connectivity index (χ3n) is 3.22. The Hall–Kier alpha value is -1.58. The third-order valence-corrected chi connectivity index (χ3v) is 3.22. The Labute approximate surface area is 101 Å². The van der Waals surface area contributed by atoms with Crippen LogP contribution in [0.15, 0.2) is 18.3 Å². The van der Waals surface area contributed by atoms with E-state index in [2.05, 4.69) is 23.7 Å². The maximum Gasteiger partial charge on any atom is 0.335 e. The van der Waals surface area contributed by atoms with Gasteiger partial charge in [0.1, 0.15) is 5.82 Å². The smallest absolute Gasteiger partial charge is 0.335 e. The molecule has 0 saturated carbocycles. The van der Waals surface area contributed by atoms with Gasteiger partial charge in [0.05, 0.1) is 5.56 Å². The van der Waals surface area contributed by atoms with E-state index in [0.717, 1.165) is 25.3 Å². The number of rotatable bonds is 2. The minimum absolute atomic E-state index is 0.277. The molecule has 0 amide bonds. The summed E-state index contributed by atoms with van der Waals surface area (Å²) in [5.41, 5.74) is 0.581. The fraction of sp³-hybridized carbons (Fsp3) is 0.538. The van der Waals surface area contributed by atoms with Gasteiger partial charge in [-0.15, -0.1) is 0 Å². The van der Waals surface area contributed by atoms with Crippen molar-refractivity contribution in [1.29, 1.82) is 0 Å². The van der Waals surface area contributed by atoms with Crippen molar-refractivity contribution in [2.45, 2.75) is 26.7 Å². The molecule has 1 aromatic heterocycles. The molecule has 0 radical (unpaired) electrons. The first-order chi connectivity index (χ1) is 7.98. The fourth-order valence-electron chi connectivity index (χ4n) is 2.34. The van der Waals surface area contributed by atoms with Crippen LogP contribution in [-0.2, 0) is 0 Å². The molecule has 4 nitrogen and oxygen atoms in total. The van der Waals surface area contributed by atoms with Crippen molar-refractivity contribution in [3.8, 4) is 0 Å². The fourth-order valence-corrected chi connectivity index (χ4v) is 2.34. The molecular formula is C13H18N2O2. The molecule has 0 spiro atoms. The minimum Gasteiger partial charge on any atom is -0.478 e. The molecule has 1 aliphatic heterocycles. The van der Waals surface area contributed by atoms with Crippen LogP contribution < -0.4 is 4.90 Å². The largest absolute Gasteiger partial charge is 0.478 e. The number of aromatic carboxylic acids is 1. The summed E-state index contributed by atoms with van der Waals surface area (Å²) in [7, 11) is 0. The van der Waals surface area contributed by atoms with Gasteiger partial charge in [-0.25, -0.2) is 9.78 Å². The molecule has 1 fully saturated rings. The highest BCUT2D eigenvalue weighted by atomic mass is 16.4. The van der Waals surface area contributed by atoms with Crippen molar-refractivity contribution in [2.24, 2.45) is 5.41 Å². The Morgan fingerprint density at radius 2 is 2.29 bits per heavy atom. The highest BCUT2D eigenvalue weighted by Crippen LogP contribution is 2.30. The Morgan fingerprint density at radius 1 is 1.53 bits per heavy atom. The van der Waals surface area contributed by atoms with Gasteiger partial charge in [0.15, 0.2) is 0 Å². The molecule has 17 heavy (non-hydrogen) atoms. The Morgan fingerprint density at radius 3 is 2.94 bits per heavy atom. The van der Waals surface area contributed by atoms with E-state index in [4.69, 9.17) is 5.11 Å². The molecule has 1 saturated heterocycles. The molecule has 0 bridgehead atoms. The third kappa shape index (κ3) is 2.75. The van der Waals surface area contributed by atoms with E-state index in [1.807, 2.05) is 0 Å². The second-order valence-electron chi connectivity index (χ2n) is 5.40. The standard InChI is InChI=1S/C13H18N2O2/c1-13(2)5-3-7-15(9-13)11-8-10(12(16)17)4-6-14-11/h4,6,8H,3,5,7,9H2,1-2H3,(H,16,17). The number of anilines is 1. The van der Waals surface area contributed by atoms with E-state index in [0.29, 0.717) is 5.56 Å². The lowest BCUT2D eigenvalue weighted by Gasteiger charge is -2.38. The zero-order valence-corrected chi connectivity index (χ0v) is 10.3. The number of pyridine rings is 1. The Balaban J connectivity index is 2.22. The molecule has 0 aromatic carbocycles. The molecule has 92 valence electrons. The lowest BCUT2D eigenvalue weighted by Crippen LogP contribution is -2.40. The summed E-state index contributed by atoms with van der Waals surface area (Å²) >= 11 is 0. The van der Waals surface area contributed by atoms with Gasteiger partial charge in [0.2, 0.25) is 0 Å². The molecular weight excluding hydrogens is 216 g/mol. The SMILES string of the molecule is CC1(C)CCCN(c2cc(C(=O)O)ccn2)C1. The number of carboxylic acids is 1. The van der Waals surface area contributed by atoms with Gasteiger partial charge < -0.3 is 10.0 Å². The Bertz CT molecular complexity index is 429. The number of aromatic nitrogens is 1. The van der Waals surface area contributed by atoms with Crippen molar-refractivity contribution in [3.05, 3.63) is 23.9 Å². The highest BCUT2D eigenvalue weighted by molar-refractivity contribution is 5.88. The second-order valence-corrected chi connectivity index (χ2v) is 5.40. The molecule has 4 heteroatoms. The van der Waals surface area contributed by atoms with Gasteiger partial charge in [-0.1, -0.05) is 13.8 Å². The molecule has 0 unspecified atom stereocenters. The van der Waals surface area contributed by atoms with Gasteiger partial charge in [-0.3, -0.25) is 0 Å². The number of carbonyl (C=O) groups is 1. The summed E-state index contributed by atoms with van der Waals surface area (Å²) in [5, 5.41) is 8.96. The first kappa shape index (κ1) is 11.9. The number of nitrogens with zero attached hydrogens (tertiary/aromatic N) is 2. The quantitative estimate of drug-likeness (QED) is 0.853. The molecule has 0 atom stereocenters. The zero-order valence-electron chi connectivity index (χ0n) is 10.3. The van der Waals surface area contributed by atoms with Crippen molar-refractivity contribution in [2.75, 3.05) is 18.0 Å². The van der Waals surface area contributed by atoms with Crippen molar-refractivity contribution >= 4 is 11.8 Å². The Kier molecular flexibility index (Phi) is 3.05. The van der Waals surface area contributed by atoms with E-state index in [1.54, 1.807) is 12.3 Å². The van der Waals surface area contributed by atoms with E-state index in [9.17, 15) is 4.79 Å². The maximum atomic E-state index is 10.9. The highest BCUT2D eigenvalue weighted by Gasteiger charge is 2.27. The number of hydrogen-bond donors (Lipinski definition) is 1. The maximum absolute atomic E-state index is 10.9. The van der Waals surface area contributed by atoms with E-state index in [-0.39, 0.29) is 5.41 Å². The number of piperidine rings is 1. The minimum atomic E-state index is -0.898. The summed E-state index contributed by atoms with van der Waals surface area (Å²) in [6, 6.07) is 3.19. The summed E-state index contributed by atoms with van der Waals surface area (Å²) in [6.07, 6.45) is 3.91. The van der Waals surface area contributed by atoms with Crippen LogP contribution in [0.3, 0.4) is 0 Å². The topological polar surface area (TPSA) is 53.4 Å². The average molecular weight is 234 g/mol. The lowest BCUT2D eigenvalue weighted by molar-refractivity contribution is 0.0697. The van der Waals surface area contributed by atoms with E-state index < -0.39 is 5.97 Å². The molecule has 2 heterocycles. The summed E-state index contributed by atoms with van der Waals surface area (Å²) < 4.78 is 0. The number of carboxylic acid groups (broad SMARTS) is 1. The van der Waals surface area contributed by atoms with Crippen LogP contribution >= 0.6 is 0 Å². The van der Waals surface area contributed by atoms with Crippen LogP contribution in [-0.4, -0.2) is 29.1 Å². The predicted molar refractivity (Wildman–Crippen MR) is 66.4 cm³/mol. The molecule has 1 N–H and O–H groups in total. The predicted octanol–water partition coefficient (Wildman–Crippen LogP) is 2.41. The monoisotopic (exact) mass is 234 g/mol. The summed E-state index contributed by atoms with van der Waals surface area (Å²) in [4.78, 5) is 17.4. The molecule has 1 aliphatic rings.